The van der Waals surface area contributed by atoms with E-state index in [1.165, 1.54) is 0 Å². The molecule has 3 aromatic carbocycles. The number of nitrogens with zero attached hydrogens (tertiary/aromatic N) is 2. The largest absolute Gasteiger partial charge is 0.508 e. The van der Waals surface area contributed by atoms with Crippen LogP contribution in [0.15, 0.2) is 83.9 Å². The van der Waals surface area contributed by atoms with Crippen LogP contribution in [0.3, 0.4) is 0 Å². The highest BCUT2D eigenvalue weighted by Gasteiger charge is 2.18. The Morgan fingerprint density at radius 2 is 1.63 bits per heavy atom. The quantitative estimate of drug-likeness (QED) is 0.361. The predicted molar refractivity (Wildman–Crippen MR) is 118 cm³/mol. The lowest BCUT2D eigenvalue weighted by atomic mass is 10.1. The fourth-order valence-electron chi connectivity index (χ4n) is 2.96. The number of benzene rings is 3. The Morgan fingerprint density at radius 3 is 2.30 bits per heavy atom. The summed E-state index contributed by atoms with van der Waals surface area (Å²) in [5, 5.41) is 19.3. The molecule has 0 aliphatic carbocycles. The Kier molecular flexibility index (Phi) is 5.25. The van der Waals surface area contributed by atoms with Gasteiger partial charge < -0.3 is 16.2 Å². The third-order valence-corrected chi connectivity index (χ3v) is 4.48. The van der Waals surface area contributed by atoms with Crippen LogP contribution in [0.2, 0.25) is 0 Å². The number of nitrogens with one attached hydrogen (secondary N) is 2. The number of phenolic OH excluding ortho intramolecular Hbond substituents is 1. The highest BCUT2D eigenvalue weighted by atomic mass is 16.3. The number of aliphatic imine (C=N–C) groups is 1. The second kappa shape index (κ2) is 8.32. The van der Waals surface area contributed by atoms with Crippen LogP contribution in [0.1, 0.15) is 15.9 Å². The third kappa shape index (κ3) is 4.20. The lowest BCUT2D eigenvalue weighted by molar-refractivity contribution is 0.100. The molecule has 0 atom stereocenters. The highest BCUT2D eigenvalue weighted by molar-refractivity contribution is 6.03. The lowest BCUT2D eigenvalue weighted by Crippen LogP contribution is -2.12. The molecule has 0 fully saturated rings. The van der Waals surface area contributed by atoms with E-state index in [0.29, 0.717) is 5.82 Å². The van der Waals surface area contributed by atoms with Gasteiger partial charge in [0, 0.05) is 11.9 Å². The summed E-state index contributed by atoms with van der Waals surface area (Å²) in [5.41, 5.74) is 9.43. The number of phenols is 1. The molecule has 0 saturated carbocycles. The third-order valence-electron chi connectivity index (χ3n) is 4.48. The number of hydrogen-bond donors (Lipinski definition) is 4. The number of aromatic amines is 1. The summed E-state index contributed by atoms with van der Waals surface area (Å²) in [5.74, 6) is 0.0631. The van der Waals surface area contributed by atoms with Gasteiger partial charge in [0.25, 0.3) is 5.91 Å². The van der Waals surface area contributed by atoms with Crippen molar-refractivity contribution < 1.29 is 9.90 Å². The standard InChI is InChI=1S/C23H19N5O2/c24-21(30)20-22(25-14-15-6-12-19(29)13-7-15)27-28-23(20)26-18-10-8-17(9-11-18)16-4-2-1-3-5-16/h1-14,29H,(H2,24,30)(H2,26,27,28)/b25-14+. The first-order valence-electron chi connectivity index (χ1n) is 9.24. The number of amides is 1. The molecule has 4 rings (SSSR count). The average molecular weight is 397 g/mol. The maximum absolute atomic E-state index is 12.0. The van der Waals surface area contributed by atoms with Crippen molar-refractivity contribution in [2.45, 2.75) is 0 Å². The number of primary amides is 1. The van der Waals surface area contributed by atoms with Crippen molar-refractivity contribution in [3.63, 3.8) is 0 Å². The molecule has 0 unspecified atom stereocenters. The van der Waals surface area contributed by atoms with E-state index in [2.05, 4.69) is 20.5 Å². The summed E-state index contributed by atoms with van der Waals surface area (Å²) in [6, 6.07) is 24.3. The number of carbonyl (C=O) groups is 1. The van der Waals surface area contributed by atoms with Crippen LogP contribution in [0, 0.1) is 0 Å². The zero-order valence-corrected chi connectivity index (χ0v) is 15.9. The van der Waals surface area contributed by atoms with Crippen molar-refractivity contribution in [3.8, 4) is 16.9 Å². The minimum atomic E-state index is -0.648. The Bertz CT molecular complexity index is 1180. The molecule has 30 heavy (non-hydrogen) atoms. The van der Waals surface area contributed by atoms with Gasteiger partial charge in [-0.15, -0.1) is 0 Å². The number of aromatic nitrogens is 2. The Hall–Kier alpha value is -4.39. The first-order valence-corrected chi connectivity index (χ1v) is 9.24. The van der Waals surface area contributed by atoms with E-state index in [4.69, 9.17) is 5.73 Å². The zero-order valence-electron chi connectivity index (χ0n) is 15.9. The molecule has 1 aromatic heterocycles. The van der Waals surface area contributed by atoms with Gasteiger partial charge in [-0.3, -0.25) is 9.89 Å². The van der Waals surface area contributed by atoms with Crippen LogP contribution in [0.25, 0.3) is 11.1 Å². The lowest BCUT2D eigenvalue weighted by Gasteiger charge is -2.07. The number of anilines is 2. The van der Waals surface area contributed by atoms with Crippen molar-refractivity contribution in [2.75, 3.05) is 5.32 Å². The normalized spacial score (nSPS) is 10.9. The van der Waals surface area contributed by atoms with E-state index < -0.39 is 5.91 Å². The van der Waals surface area contributed by atoms with Crippen molar-refractivity contribution in [1.82, 2.24) is 10.2 Å². The van der Waals surface area contributed by atoms with E-state index in [1.807, 2.05) is 54.6 Å². The van der Waals surface area contributed by atoms with Crippen LogP contribution in [-0.4, -0.2) is 27.4 Å². The van der Waals surface area contributed by atoms with Crippen molar-refractivity contribution in [2.24, 2.45) is 10.7 Å². The number of aromatic hydroxyl groups is 1. The zero-order chi connectivity index (χ0) is 20.9. The molecule has 0 radical (unpaired) electrons. The van der Waals surface area contributed by atoms with Crippen molar-refractivity contribution in [3.05, 3.63) is 90.0 Å². The molecule has 0 spiro atoms. The molecule has 1 heterocycles. The Morgan fingerprint density at radius 1 is 0.967 bits per heavy atom. The molecular formula is C23H19N5O2. The second-order valence-electron chi connectivity index (χ2n) is 6.58. The van der Waals surface area contributed by atoms with E-state index >= 15 is 0 Å². The van der Waals surface area contributed by atoms with Gasteiger partial charge in [-0.25, -0.2) is 4.99 Å². The summed E-state index contributed by atoms with van der Waals surface area (Å²) < 4.78 is 0. The molecule has 7 nitrogen and oxygen atoms in total. The molecule has 1 amide bonds. The molecule has 0 aliphatic heterocycles. The van der Waals surface area contributed by atoms with Crippen LogP contribution in [0.4, 0.5) is 17.3 Å². The highest BCUT2D eigenvalue weighted by Crippen LogP contribution is 2.28. The van der Waals surface area contributed by atoms with Gasteiger partial charge in [0.1, 0.15) is 11.3 Å². The van der Waals surface area contributed by atoms with Crippen LogP contribution < -0.4 is 11.1 Å². The average Bonchev–Trinajstić information content (AvgIpc) is 3.17. The monoisotopic (exact) mass is 397 g/mol. The van der Waals surface area contributed by atoms with Gasteiger partial charge in [0.2, 0.25) is 0 Å². The molecule has 0 aliphatic rings. The molecule has 4 aromatic rings. The van der Waals surface area contributed by atoms with Gasteiger partial charge in [0.05, 0.1) is 0 Å². The first-order chi connectivity index (χ1) is 14.6. The predicted octanol–water partition coefficient (Wildman–Crippen LogP) is 4.38. The van der Waals surface area contributed by atoms with Gasteiger partial charge >= 0.3 is 0 Å². The summed E-state index contributed by atoms with van der Waals surface area (Å²) >= 11 is 0. The minimum absolute atomic E-state index is 0.163. The fraction of sp³-hybridized carbons (Fsp3) is 0. The molecule has 0 bridgehead atoms. The van der Waals surface area contributed by atoms with Gasteiger partial charge in [-0.2, -0.15) is 5.10 Å². The topological polar surface area (TPSA) is 116 Å². The van der Waals surface area contributed by atoms with E-state index in [-0.39, 0.29) is 17.1 Å². The number of H-pyrrole nitrogens is 1. The Balaban J connectivity index is 1.56. The van der Waals surface area contributed by atoms with E-state index in [1.54, 1.807) is 30.5 Å². The fourth-order valence-corrected chi connectivity index (χ4v) is 2.96. The number of carbonyl (C=O) groups excluding carboxylic acids is 1. The molecule has 148 valence electrons. The van der Waals surface area contributed by atoms with Crippen LogP contribution >= 0.6 is 0 Å². The molecule has 7 heteroatoms. The van der Waals surface area contributed by atoms with Gasteiger partial charge in [-0.05, 0) is 53.1 Å². The van der Waals surface area contributed by atoms with Crippen molar-refractivity contribution >= 4 is 29.4 Å². The smallest absolute Gasteiger partial charge is 0.256 e. The molecule has 5 N–H and O–H groups in total. The van der Waals surface area contributed by atoms with Gasteiger partial charge in [-0.1, -0.05) is 42.5 Å². The van der Waals surface area contributed by atoms with Crippen LogP contribution in [-0.2, 0) is 0 Å². The number of hydrogen-bond acceptors (Lipinski definition) is 5. The maximum Gasteiger partial charge on any atom is 0.256 e. The summed E-state index contributed by atoms with van der Waals surface area (Å²) in [6.45, 7) is 0. The number of rotatable bonds is 6. The van der Waals surface area contributed by atoms with Crippen molar-refractivity contribution in [1.29, 1.82) is 0 Å². The molecular weight excluding hydrogens is 378 g/mol. The van der Waals surface area contributed by atoms with E-state index in [9.17, 15) is 9.90 Å². The first kappa shape index (κ1) is 18.9. The minimum Gasteiger partial charge on any atom is -0.508 e. The summed E-state index contributed by atoms with van der Waals surface area (Å²) in [6.07, 6.45) is 1.55. The van der Waals surface area contributed by atoms with E-state index in [0.717, 1.165) is 22.4 Å². The summed E-state index contributed by atoms with van der Waals surface area (Å²) in [7, 11) is 0. The SMILES string of the molecule is NC(=O)c1c(Nc2ccc(-c3ccccc3)cc2)n[nH]c1/N=C/c1ccc(O)cc1. The number of nitrogens with two attached hydrogens (primary N) is 1. The van der Waals surface area contributed by atoms with Crippen LogP contribution in [0.5, 0.6) is 5.75 Å². The van der Waals surface area contributed by atoms with Gasteiger partial charge in [0.15, 0.2) is 11.6 Å². The second-order valence-corrected chi connectivity index (χ2v) is 6.58. The Labute approximate surface area is 172 Å². The maximum atomic E-state index is 12.0. The molecule has 0 saturated heterocycles. The summed E-state index contributed by atoms with van der Waals surface area (Å²) in [4.78, 5) is 16.3.